The van der Waals surface area contributed by atoms with E-state index in [1.807, 2.05) is 6.07 Å². The summed E-state index contributed by atoms with van der Waals surface area (Å²) in [4.78, 5) is 28.6. The van der Waals surface area contributed by atoms with Crippen LogP contribution in [0.25, 0.3) is 0 Å². The third-order valence-corrected chi connectivity index (χ3v) is 3.59. The first-order valence-electron chi connectivity index (χ1n) is 7.89. The molecular formula is C20H13FN4O2. The summed E-state index contributed by atoms with van der Waals surface area (Å²) in [6.07, 6.45) is 1.33. The van der Waals surface area contributed by atoms with Crippen LogP contribution in [0.4, 0.5) is 15.8 Å². The Hall–Kier alpha value is -4.05. The van der Waals surface area contributed by atoms with Gasteiger partial charge in [0.2, 0.25) is 0 Å². The predicted octanol–water partition coefficient (Wildman–Crippen LogP) is 3.60. The molecule has 0 aliphatic heterocycles. The van der Waals surface area contributed by atoms with Crippen molar-refractivity contribution in [1.82, 2.24) is 4.98 Å². The summed E-state index contributed by atoms with van der Waals surface area (Å²) in [5.41, 5.74) is 1.38. The highest BCUT2D eigenvalue weighted by Gasteiger charge is 2.13. The molecular weight excluding hydrogens is 347 g/mol. The summed E-state index contributed by atoms with van der Waals surface area (Å²) in [6, 6.07) is 16.7. The molecule has 3 aromatic rings. The Morgan fingerprint density at radius 2 is 1.63 bits per heavy atom. The van der Waals surface area contributed by atoms with Gasteiger partial charge in [-0.3, -0.25) is 14.6 Å². The molecule has 1 aromatic heterocycles. The van der Waals surface area contributed by atoms with Crippen LogP contribution in [0.15, 0.2) is 66.9 Å². The first-order valence-corrected chi connectivity index (χ1v) is 7.89. The maximum absolute atomic E-state index is 13.2. The number of nitriles is 1. The molecule has 27 heavy (non-hydrogen) atoms. The summed E-state index contributed by atoms with van der Waals surface area (Å²) < 4.78 is 13.2. The van der Waals surface area contributed by atoms with Gasteiger partial charge in [0.05, 0.1) is 11.6 Å². The molecule has 0 fully saturated rings. The molecule has 0 radical (unpaired) electrons. The van der Waals surface area contributed by atoms with Gasteiger partial charge in [-0.05, 0) is 48.5 Å². The van der Waals surface area contributed by atoms with E-state index in [2.05, 4.69) is 15.6 Å². The van der Waals surface area contributed by atoms with E-state index in [1.54, 1.807) is 24.3 Å². The lowest BCUT2D eigenvalue weighted by molar-refractivity contribution is 0.102. The van der Waals surface area contributed by atoms with Crippen LogP contribution in [0.5, 0.6) is 0 Å². The molecule has 0 bridgehead atoms. The van der Waals surface area contributed by atoms with Gasteiger partial charge in [-0.1, -0.05) is 12.1 Å². The van der Waals surface area contributed by atoms with Gasteiger partial charge in [0.1, 0.15) is 11.5 Å². The zero-order chi connectivity index (χ0) is 19.2. The predicted molar refractivity (Wildman–Crippen MR) is 97.7 cm³/mol. The number of anilines is 2. The van der Waals surface area contributed by atoms with Gasteiger partial charge in [0.15, 0.2) is 0 Å². The number of nitrogens with zero attached hydrogens (tertiary/aromatic N) is 2. The number of benzene rings is 2. The second-order valence-electron chi connectivity index (χ2n) is 5.54. The summed E-state index contributed by atoms with van der Waals surface area (Å²) in [6.45, 7) is 0. The van der Waals surface area contributed by atoms with Crippen molar-refractivity contribution in [2.24, 2.45) is 0 Å². The zero-order valence-corrected chi connectivity index (χ0v) is 13.9. The number of carbonyl (C=O) groups is 2. The monoisotopic (exact) mass is 360 g/mol. The van der Waals surface area contributed by atoms with E-state index in [-0.39, 0.29) is 11.3 Å². The summed E-state index contributed by atoms with van der Waals surface area (Å²) in [5, 5.41) is 14.1. The minimum Gasteiger partial charge on any atom is -0.322 e. The number of hydrogen-bond donors (Lipinski definition) is 2. The number of halogens is 1. The third-order valence-electron chi connectivity index (χ3n) is 3.59. The van der Waals surface area contributed by atoms with Crippen molar-refractivity contribution in [3.8, 4) is 6.07 Å². The molecule has 0 unspecified atom stereocenters. The quantitative estimate of drug-likeness (QED) is 0.743. The van der Waals surface area contributed by atoms with E-state index in [0.29, 0.717) is 16.9 Å². The number of carbonyl (C=O) groups excluding carboxylic acids is 2. The molecule has 0 aliphatic carbocycles. The Balaban J connectivity index is 1.75. The molecule has 0 saturated heterocycles. The van der Waals surface area contributed by atoms with Crippen LogP contribution in [0.3, 0.4) is 0 Å². The van der Waals surface area contributed by atoms with Crippen LogP contribution in [0.1, 0.15) is 26.4 Å². The van der Waals surface area contributed by atoms with E-state index >= 15 is 0 Å². The van der Waals surface area contributed by atoms with Crippen molar-refractivity contribution >= 4 is 23.2 Å². The molecule has 2 amide bonds. The zero-order valence-electron chi connectivity index (χ0n) is 13.9. The maximum Gasteiger partial charge on any atom is 0.274 e. The van der Waals surface area contributed by atoms with Crippen molar-refractivity contribution in [1.29, 1.82) is 5.26 Å². The van der Waals surface area contributed by atoms with Crippen LogP contribution in [0, 0.1) is 17.1 Å². The van der Waals surface area contributed by atoms with Crippen LogP contribution in [0.2, 0.25) is 0 Å². The number of nitrogens with one attached hydrogen (secondary N) is 2. The highest BCUT2D eigenvalue weighted by molar-refractivity contribution is 6.07. The maximum atomic E-state index is 13.2. The molecule has 0 spiro atoms. The van der Waals surface area contributed by atoms with E-state index in [1.165, 1.54) is 42.6 Å². The normalized spacial score (nSPS) is 9.93. The lowest BCUT2D eigenvalue weighted by atomic mass is 10.2. The van der Waals surface area contributed by atoms with Crippen LogP contribution < -0.4 is 10.6 Å². The SMILES string of the molecule is N#Cc1cccc(NC(=O)c2cc(C(=O)Nc3cccc(F)c3)ccn2)c1. The fourth-order valence-corrected chi connectivity index (χ4v) is 2.33. The van der Waals surface area contributed by atoms with Gasteiger partial charge in [-0.25, -0.2) is 4.39 Å². The van der Waals surface area contributed by atoms with E-state index in [9.17, 15) is 14.0 Å². The molecule has 132 valence electrons. The molecule has 1 heterocycles. The molecule has 2 N–H and O–H groups in total. The Bertz CT molecular complexity index is 1060. The number of rotatable bonds is 4. The van der Waals surface area contributed by atoms with E-state index < -0.39 is 17.6 Å². The summed E-state index contributed by atoms with van der Waals surface area (Å²) in [7, 11) is 0. The second kappa shape index (κ2) is 7.89. The fraction of sp³-hybridized carbons (Fsp3) is 0. The first-order chi connectivity index (χ1) is 13.0. The van der Waals surface area contributed by atoms with Crippen molar-refractivity contribution < 1.29 is 14.0 Å². The highest BCUT2D eigenvalue weighted by atomic mass is 19.1. The molecule has 3 rings (SSSR count). The largest absolute Gasteiger partial charge is 0.322 e. The molecule has 2 aromatic carbocycles. The van der Waals surface area contributed by atoms with Gasteiger partial charge in [-0.15, -0.1) is 0 Å². The smallest absolute Gasteiger partial charge is 0.274 e. The third kappa shape index (κ3) is 4.52. The Kier molecular flexibility index (Phi) is 5.19. The number of pyridine rings is 1. The van der Waals surface area contributed by atoms with Gasteiger partial charge in [-0.2, -0.15) is 5.26 Å². The lowest BCUT2D eigenvalue weighted by Gasteiger charge is -2.08. The van der Waals surface area contributed by atoms with Crippen LogP contribution in [-0.2, 0) is 0 Å². The van der Waals surface area contributed by atoms with Crippen molar-refractivity contribution in [2.75, 3.05) is 10.6 Å². The lowest BCUT2D eigenvalue weighted by Crippen LogP contribution is -2.17. The van der Waals surface area contributed by atoms with Gasteiger partial charge in [0.25, 0.3) is 11.8 Å². The Morgan fingerprint density at radius 1 is 0.926 bits per heavy atom. The summed E-state index contributed by atoms with van der Waals surface area (Å²) in [5.74, 6) is -1.49. The molecule has 7 heteroatoms. The minimum absolute atomic E-state index is 0.0317. The number of amides is 2. The first kappa shape index (κ1) is 17.8. The Labute approximate surface area is 154 Å². The minimum atomic E-state index is -0.523. The topological polar surface area (TPSA) is 94.9 Å². The number of aromatic nitrogens is 1. The molecule has 0 aliphatic rings. The molecule has 6 nitrogen and oxygen atoms in total. The standard InChI is InChI=1S/C20H13FN4O2/c21-15-4-2-6-17(11-15)24-19(26)14-7-8-23-18(10-14)20(27)25-16-5-1-3-13(9-16)12-22/h1-11H,(H,24,26)(H,25,27). The Morgan fingerprint density at radius 3 is 2.37 bits per heavy atom. The summed E-state index contributed by atoms with van der Waals surface area (Å²) >= 11 is 0. The van der Waals surface area contributed by atoms with Gasteiger partial charge >= 0.3 is 0 Å². The van der Waals surface area contributed by atoms with Crippen molar-refractivity contribution in [3.05, 3.63) is 89.5 Å². The van der Waals surface area contributed by atoms with Crippen molar-refractivity contribution in [2.45, 2.75) is 0 Å². The second-order valence-corrected chi connectivity index (χ2v) is 5.54. The highest BCUT2D eigenvalue weighted by Crippen LogP contribution is 2.14. The van der Waals surface area contributed by atoms with Gasteiger partial charge in [0, 0.05) is 23.1 Å². The number of hydrogen-bond acceptors (Lipinski definition) is 4. The van der Waals surface area contributed by atoms with Crippen molar-refractivity contribution in [3.63, 3.8) is 0 Å². The van der Waals surface area contributed by atoms with Crippen LogP contribution in [-0.4, -0.2) is 16.8 Å². The van der Waals surface area contributed by atoms with Crippen LogP contribution >= 0.6 is 0 Å². The molecule has 0 atom stereocenters. The molecule has 0 saturated carbocycles. The van der Waals surface area contributed by atoms with Gasteiger partial charge < -0.3 is 10.6 Å². The average Bonchev–Trinajstić information content (AvgIpc) is 2.68. The fourth-order valence-electron chi connectivity index (χ4n) is 2.33. The average molecular weight is 360 g/mol. The van der Waals surface area contributed by atoms with E-state index in [4.69, 9.17) is 5.26 Å². The van der Waals surface area contributed by atoms with E-state index in [0.717, 1.165) is 0 Å².